The third-order valence-corrected chi connectivity index (χ3v) is 5.09. The van der Waals surface area contributed by atoms with Crippen molar-refractivity contribution in [2.45, 2.75) is 64.3 Å². The van der Waals surface area contributed by atoms with Gasteiger partial charge in [-0.3, -0.25) is 29.9 Å². The predicted molar refractivity (Wildman–Crippen MR) is 134 cm³/mol. The molecule has 10 N–H and O–H groups in total. The zero-order chi connectivity index (χ0) is 27.4. The number of hydrogen-bond donors (Lipinski definition) is 8. The van der Waals surface area contributed by atoms with Crippen molar-refractivity contribution in [3.8, 4) is 0 Å². The second kappa shape index (κ2) is 14.6. The number of aliphatic hydroxyl groups is 1. The van der Waals surface area contributed by atoms with Crippen LogP contribution in [-0.4, -0.2) is 64.5 Å². The van der Waals surface area contributed by atoms with Gasteiger partial charge in [-0.05, 0) is 44.2 Å². The maximum atomic E-state index is 12.9. The van der Waals surface area contributed by atoms with Crippen LogP contribution in [0.2, 0.25) is 0 Å². The lowest BCUT2D eigenvalue weighted by atomic mass is 10.0. The first-order valence-corrected chi connectivity index (χ1v) is 11.5. The number of carbonyl (C=O) groups excluding carboxylic acids is 3. The van der Waals surface area contributed by atoms with Crippen molar-refractivity contribution in [2.24, 2.45) is 17.4 Å². The molecular weight excluding hydrogens is 472 g/mol. The van der Waals surface area contributed by atoms with Crippen molar-refractivity contribution in [3.05, 3.63) is 34.4 Å². The minimum Gasteiger partial charge on any atom is -0.391 e. The summed E-state index contributed by atoms with van der Waals surface area (Å²) in [5.41, 5.74) is 11.2. The molecule has 14 heteroatoms. The van der Waals surface area contributed by atoms with Gasteiger partial charge >= 0.3 is 0 Å². The van der Waals surface area contributed by atoms with E-state index in [4.69, 9.17) is 16.9 Å². The maximum absolute atomic E-state index is 12.9. The number of non-ortho nitro benzene ring substituents is 1. The Labute approximate surface area is 209 Å². The second-order valence-corrected chi connectivity index (χ2v) is 8.80. The van der Waals surface area contributed by atoms with Crippen LogP contribution in [0.15, 0.2) is 24.3 Å². The summed E-state index contributed by atoms with van der Waals surface area (Å²) in [5.74, 6) is -2.13. The highest BCUT2D eigenvalue weighted by Crippen LogP contribution is 2.16. The Morgan fingerprint density at radius 3 is 2.19 bits per heavy atom. The molecule has 0 aliphatic carbocycles. The molecule has 0 aliphatic heterocycles. The highest BCUT2D eigenvalue weighted by atomic mass is 16.6. The van der Waals surface area contributed by atoms with Crippen molar-refractivity contribution < 1.29 is 24.4 Å². The Kier molecular flexibility index (Phi) is 12.3. The Hall–Kier alpha value is -3.78. The van der Waals surface area contributed by atoms with Crippen LogP contribution in [0.1, 0.15) is 40.0 Å². The Bertz CT molecular complexity index is 922. The second-order valence-electron chi connectivity index (χ2n) is 8.80. The molecule has 1 aromatic rings. The van der Waals surface area contributed by atoms with Gasteiger partial charge in [0.15, 0.2) is 5.96 Å². The first kappa shape index (κ1) is 30.3. The molecule has 0 saturated carbocycles. The third-order valence-electron chi connectivity index (χ3n) is 5.09. The number of nitrogens with zero attached hydrogens (tertiary/aromatic N) is 1. The summed E-state index contributed by atoms with van der Waals surface area (Å²) in [6.07, 6.45) is -0.442. The van der Waals surface area contributed by atoms with Crippen LogP contribution in [-0.2, 0) is 14.4 Å². The number of anilines is 1. The van der Waals surface area contributed by atoms with Gasteiger partial charge in [0.1, 0.15) is 12.1 Å². The molecule has 0 bridgehead atoms. The molecule has 200 valence electrons. The van der Waals surface area contributed by atoms with Gasteiger partial charge in [0.25, 0.3) is 5.69 Å². The highest BCUT2D eigenvalue weighted by molar-refractivity contribution is 5.98. The SMILES string of the molecule is CC(C)C[C@@H](N)C(=O)N[C@H](C(=O)N[C@@H](CCCNC(=N)N)C(=O)Nc1ccc([N+](=O)[O-])cc1)[C@@H](C)O. The fraction of sp³-hybridized carbons (Fsp3) is 0.545. The van der Waals surface area contributed by atoms with Crippen LogP contribution in [0.5, 0.6) is 0 Å². The van der Waals surface area contributed by atoms with Gasteiger partial charge in [-0.2, -0.15) is 0 Å². The van der Waals surface area contributed by atoms with Crippen molar-refractivity contribution in [1.82, 2.24) is 16.0 Å². The number of hydrogen-bond acceptors (Lipinski definition) is 8. The topological polar surface area (TPSA) is 239 Å². The fourth-order valence-corrected chi connectivity index (χ4v) is 3.24. The molecule has 4 atom stereocenters. The van der Waals surface area contributed by atoms with E-state index in [9.17, 15) is 29.6 Å². The lowest BCUT2D eigenvalue weighted by Crippen LogP contribution is -2.58. The van der Waals surface area contributed by atoms with Gasteiger partial charge in [0, 0.05) is 24.4 Å². The van der Waals surface area contributed by atoms with Gasteiger partial charge in [0.2, 0.25) is 17.7 Å². The predicted octanol–water partition coefficient (Wildman–Crippen LogP) is -0.480. The quantitative estimate of drug-likeness (QED) is 0.0531. The number of benzene rings is 1. The molecule has 3 amide bonds. The molecule has 0 aliphatic rings. The monoisotopic (exact) mass is 508 g/mol. The molecule has 14 nitrogen and oxygen atoms in total. The number of guanidine groups is 1. The summed E-state index contributed by atoms with van der Waals surface area (Å²) in [7, 11) is 0. The van der Waals surface area contributed by atoms with Crippen molar-refractivity contribution in [1.29, 1.82) is 5.41 Å². The fourth-order valence-electron chi connectivity index (χ4n) is 3.24. The lowest BCUT2D eigenvalue weighted by molar-refractivity contribution is -0.384. The number of nitro benzene ring substituents is 1. The highest BCUT2D eigenvalue weighted by Gasteiger charge is 2.31. The van der Waals surface area contributed by atoms with Crippen molar-refractivity contribution >= 4 is 35.1 Å². The molecule has 1 aromatic carbocycles. The molecule has 0 fully saturated rings. The number of amides is 3. The molecule has 36 heavy (non-hydrogen) atoms. The van der Waals surface area contributed by atoms with Gasteiger partial charge < -0.3 is 37.8 Å². The minimum atomic E-state index is -1.36. The first-order valence-electron chi connectivity index (χ1n) is 11.5. The van der Waals surface area contributed by atoms with E-state index in [0.717, 1.165) is 0 Å². The van der Waals surface area contributed by atoms with E-state index in [1.807, 2.05) is 13.8 Å². The average molecular weight is 509 g/mol. The van der Waals surface area contributed by atoms with Gasteiger partial charge in [0.05, 0.1) is 17.1 Å². The number of aliphatic hydroxyl groups excluding tert-OH is 1. The molecule has 0 spiro atoms. The summed E-state index contributed by atoms with van der Waals surface area (Å²) >= 11 is 0. The summed E-state index contributed by atoms with van der Waals surface area (Å²) in [5, 5.41) is 38.3. The molecular formula is C22H36N8O6. The van der Waals surface area contributed by atoms with E-state index in [0.29, 0.717) is 12.8 Å². The third kappa shape index (κ3) is 10.7. The largest absolute Gasteiger partial charge is 0.391 e. The van der Waals surface area contributed by atoms with Crippen molar-refractivity contribution in [3.63, 3.8) is 0 Å². The van der Waals surface area contributed by atoms with Crippen LogP contribution >= 0.6 is 0 Å². The van der Waals surface area contributed by atoms with E-state index in [2.05, 4.69) is 21.3 Å². The lowest BCUT2D eigenvalue weighted by Gasteiger charge is -2.26. The molecule has 0 heterocycles. The maximum Gasteiger partial charge on any atom is 0.269 e. The molecule has 0 radical (unpaired) electrons. The average Bonchev–Trinajstić information content (AvgIpc) is 2.78. The molecule has 0 aromatic heterocycles. The number of rotatable bonds is 14. The number of nitrogens with one attached hydrogen (secondary N) is 5. The Morgan fingerprint density at radius 1 is 1.08 bits per heavy atom. The van der Waals surface area contributed by atoms with Gasteiger partial charge in [-0.25, -0.2) is 0 Å². The van der Waals surface area contributed by atoms with Crippen LogP contribution in [0, 0.1) is 21.4 Å². The molecule has 0 saturated heterocycles. The van der Waals surface area contributed by atoms with Gasteiger partial charge in [-0.1, -0.05) is 13.8 Å². The van der Waals surface area contributed by atoms with Crippen molar-refractivity contribution in [2.75, 3.05) is 11.9 Å². The number of carbonyl (C=O) groups is 3. The normalized spacial score (nSPS) is 14.2. The van der Waals surface area contributed by atoms with Crippen LogP contribution in [0.3, 0.4) is 0 Å². The van der Waals surface area contributed by atoms with Gasteiger partial charge in [-0.15, -0.1) is 0 Å². The first-order chi connectivity index (χ1) is 16.8. The molecule has 0 unspecified atom stereocenters. The zero-order valence-corrected chi connectivity index (χ0v) is 20.6. The summed E-state index contributed by atoms with van der Waals surface area (Å²) < 4.78 is 0. The molecule has 1 rings (SSSR count). The summed E-state index contributed by atoms with van der Waals surface area (Å²) in [4.78, 5) is 48.5. The summed E-state index contributed by atoms with van der Waals surface area (Å²) in [6, 6.07) is 1.81. The standard InChI is InChI=1S/C22H36N8O6/c1-12(2)11-16(23)19(32)29-18(13(3)31)21(34)28-17(5-4-10-26-22(24)25)20(33)27-14-6-8-15(9-7-14)30(35)36/h6-9,12-13,16-18,31H,4-5,10-11,23H2,1-3H3,(H,27,33)(H,28,34)(H,29,32)(H4,24,25,26)/t13-,16-,17+,18+/m1/s1. The number of nitrogens with two attached hydrogens (primary N) is 2. The van der Waals surface area contributed by atoms with E-state index in [1.165, 1.54) is 31.2 Å². The summed E-state index contributed by atoms with van der Waals surface area (Å²) in [6.45, 7) is 5.36. The minimum absolute atomic E-state index is 0.123. The van der Waals surface area contributed by atoms with Crippen LogP contribution in [0.4, 0.5) is 11.4 Å². The van der Waals surface area contributed by atoms with Crippen LogP contribution < -0.4 is 32.7 Å². The van der Waals surface area contributed by atoms with E-state index in [1.54, 1.807) is 0 Å². The van der Waals surface area contributed by atoms with E-state index in [-0.39, 0.29) is 36.2 Å². The smallest absolute Gasteiger partial charge is 0.269 e. The zero-order valence-electron chi connectivity index (χ0n) is 20.6. The van der Waals surface area contributed by atoms with E-state index < -0.39 is 46.9 Å². The number of nitro groups is 1. The van der Waals surface area contributed by atoms with Crippen LogP contribution in [0.25, 0.3) is 0 Å². The Morgan fingerprint density at radius 2 is 1.69 bits per heavy atom. The van der Waals surface area contributed by atoms with E-state index >= 15 is 0 Å². The Balaban J connectivity index is 2.96.